The SMILES string of the molecule is CCCCN[Si](NCCC)(OC)OC. The molecule has 0 radical (unpaired) electrons. The lowest BCUT2D eigenvalue weighted by Gasteiger charge is -2.27. The van der Waals surface area contributed by atoms with Crippen molar-refractivity contribution in [3.05, 3.63) is 0 Å². The van der Waals surface area contributed by atoms with Gasteiger partial charge >= 0.3 is 8.88 Å². The van der Waals surface area contributed by atoms with Gasteiger partial charge in [-0.2, -0.15) is 0 Å². The van der Waals surface area contributed by atoms with Gasteiger partial charge in [-0.05, 0) is 25.9 Å². The lowest BCUT2D eigenvalue weighted by Crippen LogP contribution is -2.66. The highest BCUT2D eigenvalue weighted by Gasteiger charge is 2.35. The van der Waals surface area contributed by atoms with E-state index in [2.05, 4.69) is 23.8 Å². The minimum atomic E-state index is -2.30. The molecule has 14 heavy (non-hydrogen) atoms. The molecule has 0 aromatic rings. The largest absolute Gasteiger partial charge is 0.516 e. The standard InChI is InChI=1S/C9H24N2O2Si/c1-5-7-9-11-14(12-3,13-4)10-8-6-2/h10-11H,5-9H2,1-4H3. The summed E-state index contributed by atoms with van der Waals surface area (Å²) < 4.78 is 10.9. The van der Waals surface area contributed by atoms with Gasteiger partial charge in [0.05, 0.1) is 0 Å². The van der Waals surface area contributed by atoms with Crippen LogP contribution in [0.15, 0.2) is 0 Å². The van der Waals surface area contributed by atoms with E-state index in [4.69, 9.17) is 8.85 Å². The molecule has 0 amide bonds. The predicted molar refractivity (Wildman–Crippen MR) is 61.0 cm³/mol. The summed E-state index contributed by atoms with van der Waals surface area (Å²) in [4.78, 5) is 6.68. The Morgan fingerprint density at radius 3 is 1.93 bits per heavy atom. The summed E-state index contributed by atoms with van der Waals surface area (Å²) in [5.74, 6) is 0. The Labute approximate surface area is 88.8 Å². The van der Waals surface area contributed by atoms with Crippen molar-refractivity contribution in [3.63, 3.8) is 0 Å². The number of hydrogen-bond acceptors (Lipinski definition) is 4. The summed E-state index contributed by atoms with van der Waals surface area (Å²) in [7, 11) is 1.08. The smallest absolute Gasteiger partial charge is 0.374 e. The quantitative estimate of drug-likeness (QED) is 0.451. The van der Waals surface area contributed by atoms with Gasteiger partial charge < -0.3 is 8.85 Å². The maximum Gasteiger partial charge on any atom is 0.516 e. The lowest BCUT2D eigenvalue weighted by atomic mass is 10.3. The number of unbranched alkanes of at least 4 members (excludes halogenated alkanes) is 1. The predicted octanol–water partition coefficient (Wildman–Crippen LogP) is 1.10. The Bertz CT molecular complexity index is 132. The van der Waals surface area contributed by atoms with Crippen molar-refractivity contribution >= 4 is 8.88 Å². The first-order valence-electron chi connectivity index (χ1n) is 5.35. The van der Waals surface area contributed by atoms with Gasteiger partial charge in [-0.25, -0.2) is 0 Å². The van der Waals surface area contributed by atoms with Crippen LogP contribution in [0.2, 0.25) is 0 Å². The van der Waals surface area contributed by atoms with Crippen LogP contribution in [0.4, 0.5) is 0 Å². The monoisotopic (exact) mass is 220 g/mol. The second-order valence-corrected chi connectivity index (χ2v) is 5.99. The highest BCUT2D eigenvalue weighted by atomic mass is 28.4. The number of hydrogen-bond donors (Lipinski definition) is 2. The number of rotatable bonds is 9. The van der Waals surface area contributed by atoms with E-state index in [0.717, 1.165) is 25.9 Å². The Hall–Kier alpha value is 0.0569. The average Bonchev–Trinajstić information content (AvgIpc) is 2.24. The molecule has 0 aliphatic carbocycles. The van der Waals surface area contributed by atoms with E-state index in [9.17, 15) is 0 Å². The van der Waals surface area contributed by atoms with Crippen molar-refractivity contribution in [3.8, 4) is 0 Å². The van der Waals surface area contributed by atoms with Crippen LogP contribution in [0.1, 0.15) is 33.1 Å². The summed E-state index contributed by atoms with van der Waals surface area (Å²) in [6.45, 7) is 6.17. The van der Waals surface area contributed by atoms with Crippen LogP contribution in [0, 0.1) is 0 Å². The van der Waals surface area contributed by atoms with Crippen molar-refractivity contribution in [2.45, 2.75) is 33.1 Å². The Kier molecular flexibility index (Phi) is 8.41. The third-order valence-corrected chi connectivity index (χ3v) is 4.65. The van der Waals surface area contributed by atoms with Crippen molar-refractivity contribution in [1.82, 2.24) is 9.96 Å². The van der Waals surface area contributed by atoms with Crippen LogP contribution >= 0.6 is 0 Å². The highest BCUT2D eigenvalue weighted by molar-refractivity contribution is 6.62. The van der Waals surface area contributed by atoms with Crippen molar-refractivity contribution in [2.24, 2.45) is 0 Å². The summed E-state index contributed by atoms with van der Waals surface area (Å²) in [5, 5.41) is 0. The van der Waals surface area contributed by atoms with Crippen LogP contribution < -0.4 is 9.96 Å². The van der Waals surface area contributed by atoms with E-state index < -0.39 is 8.88 Å². The zero-order valence-corrected chi connectivity index (χ0v) is 10.9. The van der Waals surface area contributed by atoms with Crippen LogP contribution in [-0.2, 0) is 8.85 Å². The minimum absolute atomic E-state index is 0.924. The van der Waals surface area contributed by atoms with Gasteiger partial charge in [-0.1, -0.05) is 20.3 Å². The van der Waals surface area contributed by atoms with Gasteiger partial charge in [-0.15, -0.1) is 0 Å². The molecule has 0 saturated heterocycles. The van der Waals surface area contributed by atoms with Crippen molar-refractivity contribution in [2.75, 3.05) is 27.3 Å². The molecule has 0 aromatic carbocycles. The van der Waals surface area contributed by atoms with E-state index in [-0.39, 0.29) is 0 Å². The van der Waals surface area contributed by atoms with Gasteiger partial charge in [0.2, 0.25) is 0 Å². The molecule has 0 spiro atoms. The molecule has 86 valence electrons. The van der Waals surface area contributed by atoms with Crippen LogP contribution in [0.3, 0.4) is 0 Å². The van der Waals surface area contributed by atoms with Gasteiger partial charge in [0.15, 0.2) is 0 Å². The second kappa shape index (κ2) is 8.37. The van der Waals surface area contributed by atoms with E-state index in [1.807, 2.05) is 0 Å². The van der Waals surface area contributed by atoms with Crippen LogP contribution in [0.5, 0.6) is 0 Å². The summed E-state index contributed by atoms with van der Waals surface area (Å²) in [5.41, 5.74) is 0. The Morgan fingerprint density at radius 2 is 1.50 bits per heavy atom. The molecule has 0 rings (SSSR count). The minimum Gasteiger partial charge on any atom is -0.374 e. The first-order chi connectivity index (χ1) is 6.74. The van der Waals surface area contributed by atoms with Gasteiger partial charge in [0, 0.05) is 14.2 Å². The average molecular weight is 220 g/mol. The molecule has 0 aromatic heterocycles. The van der Waals surface area contributed by atoms with E-state index >= 15 is 0 Å². The fourth-order valence-corrected chi connectivity index (χ4v) is 3.11. The molecule has 4 nitrogen and oxygen atoms in total. The fraction of sp³-hybridized carbons (Fsp3) is 1.00. The Balaban J connectivity index is 3.94. The first kappa shape index (κ1) is 14.1. The molecule has 2 N–H and O–H groups in total. The molecule has 0 fully saturated rings. The van der Waals surface area contributed by atoms with Gasteiger partial charge in [-0.3, -0.25) is 9.96 Å². The molecule has 0 atom stereocenters. The normalized spacial score (nSPS) is 12.0. The van der Waals surface area contributed by atoms with Crippen LogP contribution in [-0.4, -0.2) is 36.2 Å². The molecule has 0 heterocycles. The van der Waals surface area contributed by atoms with Gasteiger partial charge in [0.25, 0.3) is 0 Å². The molecule has 0 bridgehead atoms. The molecular formula is C9H24N2O2Si. The molecule has 0 saturated carbocycles. The maximum absolute atomic E-state index is 5.43. The topological polar surface area (TPSA) is 42.5 Å². The zero-order chi connectivity index (χ0) is 10.9. The highest BCUT2D eigenvalue weighted by Crippen LogP contribution is 1.97. The maximum atomic E-state index is 5.43. The molecule has 5 heteroatoms. The summed E-state index contributed by atoms with van der Waals surface area (Å²) >= 11 is 0. The third-order valence-electron chi connectivity index (χ3n) is 2.07. The third kappa shape index (κ3) is 5.07. The zero-order valence-electron chi connectivity index (χ0n) is 9.85. The molecular weight excluding hydrogens is 196 g/mol. The molecule has 0 unspecified atom stereocenters. The lowest BCUT2D eigenvalue weighted by molar-refractivity contribution is 0.213. The molecule has 0 aliphatic rings. The van der Waals surface area contributed by atoms with E-state index in [0.29, 0.717) is 0 Å². The summed E-state index contributed by atoms with van der Waals surface area (Å²) in [6.07, 6.45) is 3.41. The number of nitrogens with one attached hydrogen (secondary N) is 2. The van der Waals surface area contributed by atoms with Crippen molar-refractivity contribution < 1.29 is 8.85 Å². The first-order valence-corrected chi connectivity index (χ1v) is 7.16. The van der Waals surface area contributed by atoms with Gasteiger partial charge in [0.1, 0.15) is 0 Å². The Morgan fingerprint density at radius 1 is 0.929 bits per heavy atom. The fourth-order valence-electron chi connectivity index (χ4n) is 1.15. The van der Waals surface area contributed by atoms with Crippen LogP contribution in [0.25, 0.3) is 0 Å². The summed E-state index contributed by atoms with van der Waals surface area (Å²) in [6, 6.07) is 0. The van der Waals surface area contributed by atoms with E-state index in [1.54, 1.807) is 14.2 Å². The molecule has 0 aliphatic heterocycles. The van der Waals surface area contributed by atoms with E-state index in [1.165, 1.54) is 6.42 Å². The second-order valence-electron chi connectivity index (χ2n) is 3.23. The van der Waals surface area contributed by atoms with Crippen molar-refractivity contribution in [1.29, 1.82) is 0 Å².